The Morgan fingerprint density at radius 2 is 0.692 bits per heavy atom. The third kappa shape index (κ3) is 5.16. The molecule has 1 N–H and O–H groups in total. The van der Waals surface area contributed by atoms with E-state index in [2.05, 4.69) is 0 Å². The average Bonchev–Trinajstić information content (AvgIpc) is 2.70. The third-order valence-electron chi connectivity index (χ3n) is 4.90. The van der Waals surface area contributed by atoms with Gasteiger partial charge in [-0.1, -0.05) is 0 Å². The van der Waals surface area contributed by atoms with Crippen LogP contribution in [0.4, 0.5) is 92.2 Å². The molecule has 0 bridgehead atoms. The fraction of sp³-hybridized carbons (Fsp3) is 0.647. The first-order chi connectivity index (χ1) is 16.8. The second-order valence-corrected chi connectivity index (χ2v) is 7.46. The van der Waals surface area contributed by atoms with Crippen molar-refractivity contribution < 1.29 is 97.3 Å². The van der Waals surface area contributed by atoms with Crippen LogP contribution in [-0.4, -0.2) is 48.0 Å². The van der Waals surface area contributed by atoms with Crippen molar-refractivity contribution in [3.63, 3.8) is 0 Å². The largest absolute Gasteiger partial charge is 0.460 e. The first kappa shape index (κ1) is 34.7. The van der Waals surface area contributed by atoms with Gasteiger partial charge in [0, 0.05) is 23.3 Å². The lowest BCUT2D eigenvalue weighted by Crippen LogP contribution is -2.53. The molecule has 0 amide bonds. The Labute approximate surface area is 200 Å². The van der Waals surface area contributed by atoms with Crippen LogP contribution in [-0.2, 0) is 24.2 Å². The van der Waals surface area contributed by atoms with E-state index in [1.54, 1.807) is 0 Å². The number of hydrogen-bond donors (Lipinski definition) is 1. The van der Waals surface area contributed by atoms with Crippen molar-refractivity contribution in [3.05, 3.63) is 34.4 Å². The third-order valence-corrected chi connectivity index (χ3v) is 4.90. The van der Waals surface area contributed by atoms with Gasteiger partial charge >= 0.3 is 54.1 Å². The first-order valence-electron chi connectivity index (χ1n) is 9.04. The molecule has 0 radical (unpaired) electrons. The summed E-state index contributed by atoms with van der Waals surface area (Å²) in [6.07, 6.45) is -24.9. The second kappa shape index (κ2) is 9.38. The lowest BCUT2D eigenvalue weighted by Gasteiger charge is -2.35. The lowest BCUT2D eigenvalue weighted by atomic mass is 9.83. The quantitative estimate of drug-likeness (QED) is 0.290. The Hall–Kier alpha value is -2.29. The van der Waals surface area contributed by atoms with Crippen LogP contribution in [0.1, 0.15) is 22.3 Å². The topological polar surface area (TPSA) is 20.2 Å². The normalized spacial score (nSPS) is 15.6. The number of rotatable bonds is 8. The van der Waals surface area contributed by atoms with Crippen LogP contribution < -0.4 is 0 Å². The van der Waals surface area contributed by atoms with Gasteiger partial charge in [-0.15, -0.1) is 0 Å². The highest BCUT2D eigenvalue weighted by Gasteiger charge is 2.78. The summed E-state index contributed by atoms with van der Waals surface area (Å²) in [6, 6.07) is -3.54. The predicted octanol–water partition coefficient (Wildman–Crippen LogP) is 8.09. The minimum Gasteiger partial charge on any atom is -0.396 e. The monoisotopic (exact) mass is 626 g/mol. The van der Waals surface area contributed by atoms with Crippen LogP contribution in [0.15, 0.2) is 12.1 Å². The molecule has 0 fully saturated rings. The van der Waals surface area contributed by atoms with E-state index in [9.17, 15) is 92.2 Å². The highest BCUT2D eigenvalue weighted by Crippen LogP contribution is 2.59. The molecule has 1 aromatic rings. The molecular formula is C17H7F21O. The highest BCUT2D eigenvalue weighted by atomic mass is 19.4. The molecule has 39 heavy (non-hydrogen) atoms. The fourth-order valence-electron chi connectivity index (χ4n) is 2.85. The molecule has 0 spiro atoms. The summed E-state index contributed by atoms with van der Waals surface area (Å²) < 4.78 is 280. The summed E-state index contributed by atoms with van der Waals surface area (Å²) in [6.45, 7) is -2.07. The van der Waals surface area contributed by atoms with Gasteiger partial charge in [-0.25, -0.2) is 0 Å². The van der Waals surface area contributed by atoms with E-state index < -0.39 is 101 Å². The maximum atomic E-state index is 14.4. The lowest BCUT2D eigenvalue weighted by molar-refractivity contribution is -0.362. The summed E-state index contributed by atoms with van der Waals surface area (Å²) in [5, 5.41) is 8.76. The number of halogens is 21. The minimum absolute atomic E-state index is 1.77. The van der Waals surface area contributed by atoms with Crippen LogP contribution in [0.2, 0.25) is 0 Å². The molecule has 0 heterocycles. The minimum atomic E-state index is -7.64. The molecule has 228 valence electrons. The van der Waals surface area contributed by atoms with Gasteiger partial charge in [-0.2, -0.15) is 92.2 Å². The Kier molecular flexibility index (Phi) is 8.36. The number of benzene rings is 1. The van der Waals surface area contributed by atoms with Crippen LogP contribution in [0, 0.1) is 0 Å². The van der Waals surface area contributed by atoms with Crippen molar-refractivity contribution in [2.75, 3.05) is 6.61 Å². The summed E-state index contributed by atoms with van der Waals surface area (Å²) in [4.78, 5) is 0. The molecule has 0 saturated carbocycles. The van der Waals surface area contributed by atoms with Gasteiger partial charge in [0.15, 0.2) is 0 Å². The smallest absolute Gasteiger partial charge is 0.396 e. The van der Waals surface area contributed by atoms with Crippen LogP contribution in [0.5, 0.6) is 0 Å². The molecule has 0 atom stereocenters. The molecule has 1 nitrogen and oxygen atoms in total. The Bertz CT molecular complexity index is 983. The molecule has 22 heteroatoms. The van der Waals surface area contributed by atoms with Gasteiger partial charge < -0.3 is 5.11 Å². The Balaban J connectivity index is 4.51. The maximum absolute atomic E-state index is 14.4. The van der Waals surface area contributed by atoms with Crippen molar-refractivity contribution in [2.45, 2.75) is 60.5 Å². The molecule has 0 aliphatic heterocycles. The van der Waals surface area contributed by atoms with E-state index in [4.69, 9.17) is 5.11 Å². The molecule has 0 aromatic heterocycles. The zero-order chi connectivity index (χ0) is 31.6. The van der Waals surface area contributed by atoms with Gasteiger partial charge in [-0.05, 0) is 24.1 Å². The molecule has 1 aromatic carbocycles. The standard InChI is InChI=1S/C17H7F21O/c18-9(19,12(24,25)15(30,31)32)5-3-7(10(20,21)13(26,27)16(33,34)35)6(1-2-39)8(4-5)11(22,23)14(28,29)17(36,37)38/h3-4,39H,1-2H2. The van der Waals surface area contributed by atoms with Gasteiger partial charge in [-0.3, -0.25) is 0 Å². The summed E-state index contributed by atoms with van der Waals surface area (Å²) in [5.74, 6) is -44.7. The SMILES string of the molecule is OCCc1c(C(F)(F)C(F)(F)C(F)(F)F)cc(C(F)(F)C(F)(F)C(F)(F)F)cc1C(F)(F)C(F)(F)C(F)(F)F. The number of aliphatic hydroxyl groups is 1. The summed E-state index contributed by atoms with van der Waals surface area (Å²) in [7, 11) is 0. The first-order valence-corrected chi connectivity index (χ1v) is 9.04. The Morgan fingerprint density at radius 3 is 0.923 bits per heavy atom. The second-order valence-electron chi connectivity index (χ2n) is 7.46. The van der Waals surface area contributed by atoms with Gasteiger partial charge in [0.05, 0.1) is 0 Å². The van der Waals surface area contributed by atoms with Gasteiger partial charge in [0.1, 0.15) is 0 Å². The van der Waals surface area contributed by atoms with E-state index in [0.717, 1.165) is 0 Å². The van der Waals surface area contributed by atoms with Gasteiger partial charge in [0.25, 0.3) is 0 Å². The molecule has 1 rings (SSSR count). The summed E-state index contributed by atoms with van der Waals surface area (Å²) >= 11 is 0. The van der Waals surface area contributed by atoms with Crippen molar-refractivity contribution in [3.8, 4) is 0 Å². The van der Waals surface area contributed by atoms with Crippen molar-refractivity contribution in [1.82, 2.24) is 0 Å². The fourth-order valence-corrected chi connectivity index (χ4v) is 2.85. The van der Waals surface area contributed by atoms with Crippen molar-refractivity contribution in [2.24, 2.45) is 0 Å². The number of alkyl halides is 21. The van der Waals surface area contributed by atoms with Crippen molar-refractivity contribution >= 4 is 0 Å². The zero-order valence-corrected chi connectivity index (χ0v) is 17.5. The van der Waals surface area contributed by atoms with E-state index in [-0.39, 0.29) is 0 Å². The Morgan fingerprint density at radius 1 is 0.436 bits per heavy atom. The maximum Gasteiger partial charge on any atom is 0.460 e. The molecule has 0 aliphatic carbocycles. The zero-order valence-electron chi connectivity index (χ0n) is 17.5. The number of aliphatic hydroxyl groups excluding tert-OH is 1. The van der Waals surface area contributed by atoms with Gasteiger partial charge in [0.2, 0.25) is 0 Å². The van der Waals surface area contributed by atoms with E-state index in [1.807, 2.05) is 0 Å². The van der Waals surface area contributed by atoms with E-state index in [0.29, 0.717) is 0 Å². The van der Waals surface area contributed by atoms with Crippen LogP contribution in [0.25, 0.3) is 0 Å². The predicted molar refractivity (Wildman–Crippen MR) is 81.9 cm³/mol. The van der Waals surface area contributed by atoms with Crippen molar-refractivity contribution in [1.29, 1.82) is 0 Å². The van der Waals surface area contributed by atoms with Crippen LogP contribution >= 0.6 is 0 Å². The van der Waals surface area contributed by atoms with Crippen LogP contribution in [0.3, 0.4) is 0 Å². The molecular weight excluding hydrogens is 619 g/mol. The van der Waals surface area contributed by atoms with E-state index in [1.165, 1.54) is 0 Å². The van der Waals surface area contributed by atoms with E-state index >= 15 is 0 Å². The average molecular weight is 626 g/mol. The highest BCUT2D eigenvalue weighted by molar-refractivity contribution is 5.48. The molecule has 0 aliphatic rings. The molecule has 0 saturated heterocycles. The molecule has 0 unspecified atom stereocenters. The number of hydrogen-bond acceptors (Lipinski definition) is 1. The summed E-state index contributed by atoms with van der Waals surface area (Å²) in [5.41, 5.74) is -14.2.